The maximum Gasteiger partial charge on any atom is 0.252 e. The topological polar surface area (TPSA) is 16.3 Å². The Morgan fingerprint density at radius 1 is 0.184 bits per heavy atom. The summed E-state index contributed by atoms with van der Waals surface area (Å²) in [7, 11) is 0. The van der Waals surface area contributed by atoms with Crippen molar-refractivity contribution >= 4 is 122 Å². The molecule has 2 aliphatic heterocycles. The van der Waals surface area contributed by atoms with Crippen molar-refractivity contribution in [3.8, 4) is 78.1 Å². The molecule has 2 aliphatic rings. The van der Waals surface area contributed by atoms with Crippen LogP contribution in [0.5, 0.6) is 0 Å². The van der Waals surface area contributed by atoms with E-state index in [1.165, 1.54) is 109 Å². The van der Waals surface area contributed by atoms with Gasteiger partial charge in [-0.05, 0) is 166 Å². The Kier molecular flexibility index (Phi) is 13.4. The summed E-state index contributed by atoms with van der Waals surface area (Å²) in [6, 6.07) is 143. The summed E-state index contributed by atoms with van der Waals surface area (Å²) in [4.78, 5) is 5.27. The van der Waals surface area contributed by atoms with Crippen LogP contribution in [0.15, 0.2) is 382 Å². The SMILES string of the molecule is c1ccc(-c2ccc(-c3ccccc3)c(-c3c4ccccc4c(-c4ccc5c(c4)N(c4ccccc4-c4ccccc4)c4cc(-n6c7ccccc7c7ccccc76)cc6c4B5c4ccc(-n5c7ccccc7c7ccccc75)cc4N6c4ccccc4-c4ccccc4)c4ccccc34)c2)cc1. The van der Waals surface area contributed by atoms with E-state index in [0.717, 1.165) is 84.3 Å². The van der Waals surface area contributed by atoms with Gasteiger partial charge in [0.2, 0.25) is 0 Å². The van der Waals surface area contributed by atoms with Gasteiger partial charge >= 0.3 is 0 Å². The molecular formula is C98H63BN4. The fourth-order valence-corrected chi connectivity index (χ4v) is 17.5. The molecule has 4 heterocycles. The van der Waals surface area contributed by atoms with Gasteiger partial charge in [0.15, 0.2) is 0 Å². The second-order valence-electron chi connectivity index (χ2n) is 27.4. The van der Waals surface area contributed by atoms with Crippen LogP contribution in [-0.4, -0.2) is 15.8 Å². The van der Waals surface area contributed by atoms with Crippen LogP contribution in [-0.2, 0) is 0 Å². The third kappa shape index (κ3) is 9.12. The molecule has 0 aliphatic carbocycles. The summed E-state index contributed by atoms with van der Waals surface area (Å²) in [5, 5.41) is 9.65. The number of rotatable bonds is 10. The zero-order chi connectivity index (χ0) is 67.6. The van der Waals surface area contributed by atoms with E-state index in [2.05, 4.69) is 401 Å². The van der Waals surface area contributed by atoms with Gasteiger partial charge in [-0.1, -0.05) is 309 Å². The zero-order valence-corrected chi connectivity index (χ0v) is 56.2. The molecule has 0 spiro atoms. The van der Waals surface area contributed by atoms with Gasteiger partial charge in [0.05, 0.1) is 39.1 Å². The van der Waals surface area contributed by atoms with E-state index in [9.17, 15) is 0 Å². The number of aromatic nitrogens is 2. The van der Waals surface area contributed by atoms with E-state index in [4.69, 9.17) is 0 Å². The van der Waals surface area contributed by atoms with E-state index in [0.29, 0.717) is 0 Å². The molecule has 0 N–H and O–H groups in total. The summed E-state index contributed by atoms with van der Waals surface area (Å²) in [6.07, 6.45) is 0. The molecule has 5 heteroatoms. The molecule has 478 valence electrons. The maximum absolute atomic E-state index is 2.65. The highest BCUT2D eigenvalue weighted by Gasteiger charge is 2.45. The lowest BCUT2D eigenvalue weighted by Crippen LogP contribution is -2.61. The molecule has 4 nitrogen and oxygen atoms in total. The van der Waals surface area contributed by atoms with Crippen molar-refractivity contribution in [1.29, 1.82) is 0 Å². The first-order chi connectivity index (χ1) is 51.2. The Morgan fingerprint density at radius 3 is 1.01 bits per heavy atom. The van der Waals surface area contributed by atoms with Gasteiger partial charge in [0.1, 0.15) is 0 Å². The lowest BCUT2D eigenvalue weighted by Gasteiger charge is -2.45. The van der Waals surface area contributed by atoms with Crippen LogP contribution in [0.2, 0.25) is 0 Å². The van der Waals surface area contributed by atoms with Gasteiger partial charge in [-0.3, -0.25) is 0 Å². The Labute approximate surface area is 597 Å². The quantitative estimate of drug-likeness (QED) is 0.100. The van der Waals surface area contributed by atoms with Crippen LogP contribution in [0.3, 0.4) is 0 Å². The first kappa shape index (κ1) is 58.5. The van der Waals surface area contributed by atoms with Crippen molar-refractivity contribution in [2.24, 2.45) is 0 Å². The molecule has 0 amide bonds. The molecule has 17 aromatic carbocycles. The highest BCUT2D eigenvalue weighted by Crippen LogP contribution is 2.53. The minimum atomic E-state index is -0.229. The number of para-hydroxylation sites is 6. The Morgan fingerprint density at radius 2 is 0.534 bits per heavy atom. The van der Waals surface area contributed by atoms with Gasteiger partial charge in [0.25, 0.3) is 6.71 Å². The number of benzene rings is 17. The smallest absolute Gasteiger partial charge is 0.252 e. The summed E-state index contributed by atoms with van der Waals surface area (Å²) in [5.74, 6) is 0. The fraction of sp³-hybridized carbons (Fsp3) is 0. The third-order valence-corrected chi connectivity index (χ3v) is 21.9. The molecule has 103 heavy (non-hydrogen) atoms. The highest BCUT2D eigenvalue weighted by atomic mass is 15.2. The second-order valence-corrected chi connectivity index (χ2v) is 27.4. The molecule has 0 saturated heterocycles. The summed E-state index contributed by atoms with van der Waals surface area (Å²) >= 11 is 0. The van der Waals surface area contributed by atoms with Crippen molar-refractivity contribution in [2.75, 3.05) is 9.80 Å². The molecule has 21 rings (SSSR count). The summed E-state index contributed by atoms with van der Waals surface area (Å²) < 4.78 is 5.00. The van der Waals surface area contributed by atoms with Crippen LogP contribution in [0.1, 0.15) is 0 Å². The second kappa shape index (κ2) is 23.6. The molecule has 0 atom stereocenters. The van der Waals surface area contributed by atoms with Crippen molar-refractivity contribution in [3.63, 3.8) is 0 Å². The van der Waals surface area contributed by atoms with E-state index < -0.39 is 0 Å². The average molecular weight is 1310 g/mol. The van der Waals surface area contributed by atoms with Crippen molar-refractivity contribution < 1.29 is 0 Å². The molecule has 2 aromatic heterocycles. The molecule has 0 radical (unpaired) electrons. The highest BCUT2D eigenvalue weighted by molar-refractivity contribution is 7.00. The normalized spacial score (nSPS) is 12.4. The molecule has 0 bridgehead atoms. The van der Waals surface area contributed by atoms with E-state index in [1.54, 1.807) is 0 Å². The third-order valence-electron chi connectivity index (χ3n) is 21.9. The maximum atomic E-state index is 2.65. The Hall–Kier alpha value is -13.5. The monoisotopic (exact) mass is 1310 g/mol. The van der Waals surface area contributed by atoms with E-state index >= 15 is 0 Å². The number of hydrogen-bond acceptors (Lipinski definition) is 2. The molecule has 0 saturated carbocycles. The molecule has 0 fully saturated rings. The number of hydrogen-bond donors (Lipinski definition) is 0. The predicted octanol–water partition coefficient (Wildman–Crippen LogP) is 24.3. The largest absolute Gasteiger partial charge is 0.311 e. The summed E-state index contributed by atoms with van der Waals surface area (Å²) in [6.45, 7) is -0.229. The van der Waals surface area contributed by atoms with Gasteiger partial charge in [0, 0.05) is 61.1 Å². The van der Waals surface area contributed by atoms with Crippen molar-refractivity contribution in [3.05, 3.63) is 382 Å². The van der Waals surface area contributed by atoms with E-state index in [-0.39, 0.29) is 6.71 Å². The number of anilines is 6. The lowest BCUT2D eigenvalue weighted by molar-refractivity contribution is 1.15. The number of nitrogens with zero attached hydrogens (tertiary/aromatic N) is 4. The van der Waals surface area contributed by atoms with Crippen molar-refractivity contribution in [2.45, 2.75) is 0 Å². The fourth-order valence-electron chi connectivity index (χ4n) is 17.5. The molecular weight excluding hydrogens is 1240 g/mol. The van der Waals surface area contributed by atoms with Gasteiger partial charge in [-0.2, -0.15) is 0 Å². The van der Waals surface area contributed by atoms with Gasteiger partial charge < -0.3 is 18.9 Å². The summed E-state index contributed by atoms with van der Waals surface area (Å²) in [5.41, 5.74) is 31.2. The minimum absolute atomic E-state index is 0.229. The van der Waals surface area contributed by atoms with Crippen LogP contribution < -0.4 is 26.2 Å². The van der Waals surface area contributed by atoms with Crippen LogP contribution in [0.25, 0.3) is 143 Å². The van der Waals surface area contributed by atoms with Crippen LogP contribution in [0.4, 0.5) is 34.1 Å². The van der Waals surface area contributed by atoms with Gasteiger partial charge in [-0.15, -0.1) is 0 Å². The van der Waals surface area contributed by atoms with Crippen molar-refractivity contribution in [1.82, 2.24) is 9.13 Å². The average Bonchev–Trinajstić information content (AvgIpc) is 0.970. The molecule has 19 aromatic rings. The molecule has 0 unspecified atom stereocenters. The number of fused-ring (bicyclic) bond motifs is 12. The van der Waals surface area contributed by atoms with E-state index in [1.807, 2.05) is 0 Å². The minimum Gasteiger partial charge on any atom is -0.311 e. The zero-order valence-electron chi connectivity index (χ0n) is 56.2. The van der Waals surface area contributed by atoms with Crippen LogP contribution >= 0.6 is 0 Å². The standard InChI is InChI=1S/C98H63BN4/c1-5-29-64(30-6-1)68-53-56-72(65-31-7-2-8-32-65)83(59-68)97-81-45-15-13-43-79(81)96(80-44-14-16-46-82(80)97)69-54-57-84-92(60-69)102(86-47-23-17-37-73(86)66-33-9-3-10-34-66)94-62-71(101-90-51-27-21-41-77(90)78-42-22-28-52-91(78)101)63-95-98(94)99(84)85-58-55-70(100-88-49-25-19-39-75(88)76-40-20-26-50-89(76)100)61-93(85)103(95)87-48-24-18-38-74(87)67-35-11-4-12-36-67/h1-63H. The van der Waals surface area contributed by atoms with Gasteiger partial charge in [-0.25, -0.2) is 0 Å². The lowest BCUT2D eigenvalue weighted by atomic mass is 9.33. The first-order valence-corrected chi connectivity index (χ1v) is 35.7. The Bertz CT molecular complexity index is 6470. The Balaban J connectivity index is 0.890. The first-order valence-electron chi connectivity index (χ1n) is 35.7. The predicted molar refractivity (Wildman–Crippen MR) is 437 cm³/mol. The van der Waals surface area contributed by atoms with Crippen LogP contribution in [0, 0.1) is 0 Å².